The van der Waals surface area contributed by atoms with E-state index in [1.54, 1.807) is 12.3 Å². The van der Waals surface area contributed by atoms with Crippen molar-refractivity contribution in [3.63, 3.8) is 0 Å². The SMILES string of the molecule is O=c1[nH]nc(-c2nncc3ccccc23)c2ccccc12. The molecule has 0 bridgehead atoms. The van der Waals surface area contributed by atoms with Gasteiger partial charge in [-0.2, -0.15) is 10.2 Å². The molecule has 5 heteroatoms. The standard InChI is InChI=1S/C16H10N4O/c21-16-13-8-4-3-7-12(13)15(19-20-16)14-11-6-2-1-5-10(11)9-17-18-14/h1-9H,(H,20,21). The molecule has 0 atom stereocenters. The van der Waals surface area contributed by atoms with Gasteiger partial charge in [-0.1, -0.05) is 42.5 Å². The van der Waals surface area contributed by atoms with Gasteiger partial charge < -0.3 is 0 Å². The van der Waals surface area contributed by atoms with Gasteiger partial charge in [-0.05, 0) is 6.07 Å². The number of aromatic amines is 1. The van der Waals surface area contributed by atoms with Gasteiger partial charge in [0.1, 0.15) is 11.4 Å². The van der Waals surface area contributed by atoms with Crippen molar-refractivity contribution < 1.29 is 0 Å². The summed E-state index contributed by atoms with van der Waals surface area (Å²) in [6.07, 6.45) is 1.71. The number of benzene rings is 2. The van der Waals surface area contributed by atoms with Crippen molar-refractivity contribution in [2.75, 3.05) is 0 Å². The van der Waals surface area contributed by atoms with Crippen LogP contribution in [0.1, 0.15) is 0 Å². The maximum Gasteiger partial charge on any atom is 0.272 e. The monoisotopic (exact) mass is 274 g/mol. The number of rotatable bonds is 1. The Morgan fingerprint density at radius 3 is 2.38 bits per heavy atom. The van der Waals surface area contributed by atoms with Crippen molar-refractivity contribution in [1.82, 2.24) is 20.4 Å². The smallest absolute Gasteiger partial charge is 0.267 e. The molecular formula is C16H10N4O. The Morgan fingerprint density at radius 1 is 0.810 bits per heavy atom. The first-order valence-corrected chi connectivity index (χ1v) is 6.53. The van der Waals surface area contributed by atoms with Crippen molar-refractivity contribution in [2.24, 2.45) is 0 Å². The van der Waals surface area contributed by atoms with Crippen LogP contribution in [0.5, 0.6) is 0 Å². The first-order chi connectivity index (χ1) is 10.3. The molecule has 4 rings (SSSR count). The summed E-state index contributed by atoms with van der Waals surface area (Å²) in [5, 5.41) is 18.3. The van der Waals surface area contributed by atoms with Gasteiger partial charge in [0.05, 0.1) is 11.6 Å². The second kappa shape index (κ2) is 4.49. The minimum Gasteiger partial charge on any atom is -0.267 e. The summed E-state index contributed by atoms with van der Waals surface area (Å²) >= 11 is 0. The molecule has 2 heterocycles. The van der Waals surface area contributed by atoms with Crippen LogP contribution in [-0.2, 0) is 0 Å². The van der Waals surface area contributed by atoms with E-state index in [0.717, 1.165) is 16.2 Å². The van der Waals surface area contributed by atoms with Gasteiger partial charge in [-0.25, -0.2) is 5.10 Å². The Labute approximate surface area is 119 Å². The third kappa shape index (κ3) is 1.79. The molecule has 5 nitrogen and oxygen atoms in total. The molecule has 1 N–H and O–H groups in total. The van der Waals surface area contributed by atoms with Gasteiger partial charge in [-0.3, -0.25) is 4.79 Å². The van der Waals surface area contributed by atoms with E-state index < -0.39 is 0 Å². The van der Waals surface area contributed by atoms with Crippen LogP contribution in [0, 0.1) is 0 Å². The third-order valence-corrected chi connectivity index (χ3v) is 3.49. The van der Waals surface area contributed by atoms with Crippen LogP contribution >= 0.6 is 0 Å². The first-order valence-electron chi connectivity index (χ1n) is 6.53. The maximum absolute atomic E-state index is 11.9. The van der Waals surface area contributed by atoms with Gasteiger partial charge in [-0.15, -0.1) is 5.10 Å². The maximum atomic E-state index is 11.9. The fourth-order valence-corrected chi connectivity index (χ4v) is 2.50. The molecule has 0 saturated carbocycles. The fraction of sp³-hybridized carbons (Fsp3) is 0. The zero-order chi connectivity index (χ0) is 14.2. The average Bonchev–Trinajstić information content (AvgIpc) is 2.55. The first kappa shape index (κ1) is 11.7. The van der Waals surface area contributed by atoms with E-state index in [1.807, 2.05) is 42.5 Å². The van der Waals surface area contributed by atoms with Crippen LogP contribution in [0.3, 0.4) is 0 Å². The quantitative estimate of drug-likeness (QED) is 0.579. The van der Waals surface area contributed by atoms with Crippen molar-refractivity contribution >= 4 is 21.5 Å². The second-order valence-electron chi connectivity index (χ2n) is 4.73. The van der Waals surface area contributed by atoms with E-state index in [2.05, 4.69) is 20.4 Å². The van der Waals surface area contributed by atoms with Crippen LogP contribution in [0.4, 0.5) is 0 Å². The highest BCUT2D eigenvalue weighted by molar-refractivity contribution is 6.01. The molecule has 2 aromatic heterocycles. The number of H-pyrrole nitrogens is 1. The predicted octanol–water partition coefficient (Wildman–Crippen LogP) is 2.53. The molecule has 21 heavy (non-hydrogen) atoms. The summed E-state index contributed by atoms with van der Waals surface area (Å²) in [5.74, 6) is 0. The lowest BCUT2D eigenvalue weighted by Gasteiger charge is -2.06. The third-order valence-electron chi connectivity index (χ3n) is 3.49. The molecule has 0 fully saturated rings. The molecule has 0 unspecified atom stereocenters. The summed E-state index contributed by atoms with van der Waals surface area (Å²) in [6, 6.07) is 15.2. The number of fused-ring (bicyclic) bond motifs is 2. The molecule has 4 aromatic rings. The van der Waals surface area contributed by atoms with Crippen LogP contribution in [-0.4, -0.2) is 20.4 Å². The lowest BCUT2D eigenvalue weighted by molar-refractivity contribution is 0.990. The normalized spacial score (nSPS) is 11.0. The number of nitrogens with one attached hydrogen (secondary N) is 1. The van der Waals surface area contributed by atoms with E-state index in [0.29, 0.717) is 16.8 Å². The van der Waals surface area contributed by atoms with Crippen molar-refractivity contribution in [1.29, 1.82) is 0 Å². The summed E-state index contributed by atoms with van der Waals surface area (Å²) in [7, 11) is 0. The molecule has 0 radical (unpaired) electrons. The number of hydrogen-bond donors (Lipinski definition) is 1. The van der Waals surface area contributed by atoms with Gasteiger partial charge in [0.2, 0.25) is 0 Å². The van der Waals surface area contributed by atoms with Crippen molar-refractivity contribution in [3.8, 4) is 11.4 Å². The summed E-state index contributed by atoms with van der Waals surface area (Å²) in [6.45, 7) is 0. The summed E-state index contributed by atoms with van der Waals surface area (Å²) in [4.78, 5) is 11.9. The van der Waals surface area contributed by atoms with Crippen LogP contribution in [0.15, 0.2) is 59.5 Å². The van der Waals surface area contributed by atoms with Crippen molar-refractivity contribution in [2.45, 2.75) is 0 Å². The number of hydrogen-bond acceptors (Lipinski definition) is 4. The van der Waals surface area contributed by atoms with Gasteiger partial charge in [0.25, 0.3) is 5.56 Å². The fourth-order valence-electron chi connectivity index (χ4n) is 2.50. The highest BCUT2D eigenvalue weighted by Crippen LogP contribution is 2.27. The van der Waals surface area contributed by atoms with Crippen LogP contribution < -0.4 is 5.56 Å². The molecular weight excluding hydrogens is 264 g/mol. The molecule has 2 aromatic carbocycles. The average molecular weight is 274 g/mol. The van der Waals surface area contributed by atoms with Gasteiger partial charge in [0, 0.05) is 16.2 Å². The zero-order valence-corrected chi connectivity index (χ0v) is 10.9. The number of aromatic nitrogens is 4. The molecule has 0 aliphatic carbocycles. The Bertz CT molecular complexity index is 1020. The molecule has 0 saturated heterocycles. The zero-order valence-electron chi connectivity index (χ0n) is 10.9. The summed E-state index contributed by atoms with van der Waals surface area (Å²) in [5.41, 5.74) is 1.09. The molecule has 0 aliphatic heterocycles. The minimum absolute atomic E-state index is 0.206. The van der Waals surface area contributed by atoms with E-state index in [4.69, 9.17) is 0 Å². The largest absolute Gasteiger partial charge is 0.272 e. The van der Waals surface area contributed by atoms with Crippen LogP contribution in [0.2, 0.25) is 0 Å². The molecule has 0 aliphatic rings. The summed E-state index contributed by atoms with van der Waals surface area (Å²) < 4.78 is 0. The van der Waals surface area contributed by atoms with E-state index in [9.17, 15) is 4.79 Å². The van der Waals surface area contributed by atoms with Gasteiger partial charge >= 0.3 is 0 Å². The van der Waals surface area contributed by atoms with Crippen LogP contribution in [0.25, 0.3) is 32.9 Å². The van der Waals surface area contributed by atoms with E-state index in [-0.39, 0.29) is 5.56 Å². The van der Waals surface area contributed by atoms with Crippen molar-refractivity contribution in [3.05, 3.63) is 65.1 Å². The van der Waals surface area contributed by atoms with E-state index in [1.165, 1.54) is 0 Å². The number of nitrogens with zero attached hydrogens (tertiary/aromatic N) is 3. The lowest BCUT2D eigenvalue weighted by Crippen LogP contribution is -2.09. The Balaban J connectivity index is 2.15. The Kier molecular flexibility index (Phi) is 2.50. The molecule has 0 amide bonds. The van der Waals surface area contributed by atoms with E-state index >= 15 is 0 Å². The lowest BCUT2D eigenvalue weighted by atomic mass is 10.0. The van der Waals surface area contributed by atoms with Gasteiger partial charge in [0.15, 0.2) is 0 Å². The highest BCUT2D eigenvalue weighted by atomic mass is 16.1. The molecule has 100 valence electrons. The topological polar surface area (TPSA) is 71.5 Å². The molecule has 0 spiro atoms. The predicted molar refractivity (Wildman–Crippen MR) is 80.9 cm³/mol. The Morgan fingerprint density at radius 2 is 1.52 bits per heavy atom. The minimum atomic E-state index is -0.206. The Hall–Kier alpha value is -3.08. The highest BCUT2D eigenvalue weighted by Gasteiger charge is 2.12. The second-order valence-corrected chi connectivity index (χ2v) is 4.73.